The molecule has 1 nitrogen and oxygen atoms in total. The molecule has 0 aliphatic rings. The molecule has 0 N–H and O–H groups in total. The summed E-state index contributed by atoms with van der Waals surface area (Å²) in [7, 11) is 0. The highest BCUT2D eigenvalue weighted by molar-refractivity contribution is 6.27. The van der Waals surface area contributed by atoms with Crippen molar-refractivity contribution in [1.82, 2.24) is 0 Å². The summed E-state index contributed by atoms with van der Waals surface area (Å²) in [5.41, 5.74) is 9.11. The van der Waals surface area contributed by atoms with Gasteiger partial charge in [-0.05, 0) is 94.7 Å². The zero-order chi connectivity index (χ0) is 30.9. The summed E-state index contributed by atoms with van der Waals surface area (Å²) >= 11 is 0. The number of fused-ring (bicyclic) bond motifs is 8. The lowest BCUT2D eigenvalue weighted by molar-refractivity contribution is 0.669. The fraction of sp³-hybridized carbons (Fsp3) is 0. The maximum Gasteiger partial charge on any atom is 0.136 e. The monoisotopic (exact) mass is 596 g/mol. The molecule has 0 bridgehead atoms. The third kappa shape index (κ3) is 3.90. The molecule has 0 saturated carbocycles. The van der Waals surface area contributed by atoms with Crippen LogP contribution in [0, 0.1) is 0 Å². The maximum absolute atomic E-state index is 6.58. The predicted octanol–water partition coefficient (Wildman–Crippen LogP) is 13.2. The van der Waals surface area contributed by atoms with E-state index in [1.54, 1.807) is 0 Å². The van der Waals surface area contributed by atoms with Crippen molar-refractivity contribution in [3.05, 3.63) is 170 Å². The molecule has 1 aromatic heterocycles. The molecule has 0 saturated heterocycles. The Morgan fingerprint density at radius 3 is 1.62 bits per heavy atom. The standard InChI is InChI=1S/C46H28O/c1-2-12-29(13-3-1)31-25-27-40-43(28-31)47-42-23-11-22-41(46(40)42)45-38-18-8-6-16-36(38)44(37-17-7-9-19-39(37)45)35-21-10-20-33-32-15-5-4-14-30(32)24-26-34(33)35/h1-28H. The quantitative estimate of drug-likeness (QED) is 0.146. The average Bonchev–Trinajstić information content (AvgIpc) is 3.52. The van der Waals surface area contributed by atoms with Crippen LogP contribution in [0.5, 0.6) is 0 Å². The van der Waals surface area contributed by atoms with E-state index in [4.69, 9.17) is 4.42 Å². The molecule has 218 valence electrons. The first-order chi connectivity index (χ1) is 23.3. The summed E-state index contributed by atoms with van der Waals surface area (Å²) in [5, 5.41) is 12.4. The van der Waals surface area contributed by atoms with E-state index >= 15 is 0 Å². The zero-order valence-electron chi connectivity index (χ0n) is 25.6. The van der Waals surface area contributed by atoms with Crippen LogP contribution in [-0.4, -0.2) is 0 Å². The van der Waals surface area contributed by atoms with Crippen molar-refractivity contribution < 1.29 is 4.42 Å². The Morgan fingerprint density at radius 1 is 0.298 bits per heavy atom. The third-order valence-corrected chi connectivity index (χ3v) is 9.86. The molecule has 1 heterocycles. The van der Waals surface area contributed by atoms with Gasteiger partial charge in [0.2, 0.25) is 0 Å². The van der Waals surface area contributed by atoms with Crippen LogP contribution < -0.4 is 0 Å². The highest BCUT2D eigenvalue weighted by Gasteiger charge is 2.21. The molecular weight excluding hydrogens is 569 g/mol. The molecule has 10 rings (SSSR count). The van der Waals surface area contributed by atoms with E-state index in [1.807, 2.05) is 0 Å². The lowest BCUT2D eigenvalue weighted by Crippen LogP contribution is -1.92. The Kier molecular flexibility index (Phi) is 5.64. The van der Waals surface area contributed by atoms with Gasteiger partial charge in [0.25, 0.3) is 0 Å². The molecule has 10 aromatic rings. The number of hydrogen-bond donors (Lipinski definition) is 0. The Labute approximate surface area is 271 Å². The van der Waals surface area contributed by atoms with E-state index in [0.29, 0.717) is 0 Å². The first-order valence-corrected chi connectivity index (χ1v) is 16.2. The molecular formula is C46H28O. The molecule has 0 aliphatic heterocycles. The van der Waals surface area contributed by atoms with Crippen LogP contribution in [0.3, 0.4) is 0 Å². The smallest absolute Gasteiger partial charge is 0.136 e. The van der Waals surface area contributed by atoms with E-state index in [1.165, 1.54) is 70.9 Å². The van der Waals surface area contributed by atoms with E-state index in [2.05, 4.69) is 170 Å². The van der Waals surface area contributed by atoms with Crippen LogP contribution >= 0.6 is 0 Å². The Bertz CT molecular complexity index is 2780. The fourth-order valence-corrected chi connectivity index (χ4v) is 7.81. The summed E-state index contributed by atoms with van der Waals surface area (Å²) in [5.74, 6) is 0. The van der Waals surface area contributed by atoms with Crippen molar-refractivity contribution in [3.63, 3.8) is 0 Å². The van der Waals surface area contributed by atoms with Gasteiger partial charge in [0.15, 0.2) is 0 Å². The van der Waals surface area contributed by atoms with Crippen LogP contribution in [-0.2, 0) is 0 Å². The summed E-state index contributed by atoms with van der Waals surface area (Å²) < 4.78 is 6.58. The number of furan rings is 1. The minimum absolute atomic E-state index is 0.904. The SMILES string of the molecule is c1ccc(-c2ccc3c(c2)oc2cccc(-c4c5ccccc5c(-c5cccc6c5ccc5ccccc56)c5ccccc45)c23)cc1. The van der Waals surface area contributed by atoms with Crippen molar-refractivity contribution in [2.75, 3.05) is 0 Å². The number of hydrogen-bond acceptors (Lipinski definition) is 1. The van der Waals surface area contributed by atoms with Crippen LogP contribution in [0.25, 0.3) is 98.4 Å². The van der Waals surface area contributed by atoms with Gasteiger partial charge < -0.3 is 4.42 Å². The summed E-state index contributed by atoms with van der Waals surface area (Å²) in [4.78, 5) is 0. The van der Waals surface area contributed by atoms with Gasteiger partial charge in [-0.2, -0.15) is 0 Å². The largest absolute Gasteiger partial charge is 0.456 e. The molecule has 9 aromatic carbocycles. The van der Waals surface area contributed by atoms with Crippen molar-refractivity contribution in [1.29, 1.82) is 0 Å². The minimum atomic E-state index is 0.904. The van der Waals surface area contributed by atoms with Crippen molar-refractivity contribution in [2.45, 2.75) is 0 Å². The van der Waals surface area contributed by atoms with Crippen LogP contribution in [0.1, 0.15) is 0 Å². The molecule has 0 amide bonds. The van der Waals surface area contributed by atoms with Crippen molar-refractivity contribution >= 4 is 65.0 Å². The molecule has 0 unspecified atom stereocenters. The van der Waals surface area contributed by atoms with E-state index in [0.717, 1.165) is 27.5 Å². The van der Waals surface area contributed by atoms with E-state index in [-0.39, 0.29) is 0 Å². The Hall–Kier alpha value is -6.18. The molecule has 47 heavy (non-hydrogen) atoms. The van der Waals surface area contributed by atoms with Gasteiger partial charge in [0.05, 0.1) is 0 Å². The Morgan fingerprint density at radius 2 is 0.872 bits per heavy atom. The summed E-state index contributed by atoms with van der Waals surface area (Å²) in [6.45, 7) is 0. The van der Waals surface area contributed by atoms with E-state index < -0.39 is 0 Å². The topological polar surface area (TPSA) is 13.1 Å². The minimum Gasteiger partial charge on any atom is -0.456 e. The lowest BCUT2D eigenvalue weighted by Gasteiger charge is -2.19. The highest BCUT2D eigenvalue weighted by atomic mass is 16.3. The van der Waals surface area contributed by atoms with Gasteiger partial charge in [-0.25, -0.2) is 0 Å². The first kappa shape index (κ1) is 26.1. The molecule has 0 spiro atoms. The van der Waals surface area contributed by atoms with Gasteiger partial charge in [-0.1, -0.05) is 152 Å². The van der Waals surface area contributed by atoms with Gasteiger partial charge in [-0.15, -0.1) is 0 Å². The molecule has 0 atom stereocenters. The van der Waals surface area contributed by atoms with E-state index in [9.17, 15) is 0 Å². The second-order valence-corrected chi connectivity index (χ2v) is 12.4. The zero-order valence-corrected chi connectivity index (χ0v) is 25.6. The van der Waals surface area contributed by atoms with Gasteiger partial charge >= 0.3 is 0 Å². The van der Waals surface area contributed by atoms with Crippen LogP contribution in [0.2, 0.25) is 0 Å². The van der Waals surface area contributed by atoms with Crippen molar-refractivity contribution in [3.8, 4) is 33.4 Å². The maximum atomic E-state index is 6.58. The second-order valence-electron chi connectivity index (χ2n) is 12.4. The van der Waals surface area contributed by atoms with Gasteiger partial charge in [0, 0.05) is 10.8 Å². The summed E-state index contributed by atoms with van der Waals surface area (Å²) in [6.07, 6.45) is 0. The lowest BCUT2D eigenvalue weighted by atomic mass is 9.83. The molecule has 1 heteroatoms. The van der Waals surface area contributed by atoms with Gasteiger partial charge in [0.1, 0.15) is 11.2 Å². The number of rotatable bonds is 3. The fourth-order valence-electron chi connectivity index (χ4n) is 7.81. The molecule has 0 aliphatic carbocycles. The van der Waals surface area contributed by atoms with Crippen LogP contribution in [0.4, 0.5) is 0 Å². The number of benzene rings is 9. The third-order valence-electron chi connectivity index (χ3n) is 9.86. The van der Waals surface area contributed by atoms with Crippen molar-refractivity contribution in [2.24, 2.45) is 0 Å². The first-order valence-electron chi connectivity index (χ1n) is 16.2. The average molecular weight is 597 g/mol. The normalized spacial score (nSPS) is 11.8. The second kappa shape index (κ2) is 10.2. The summed E-state index contributed by atoms with van der Waals surface area (Å²) in [6, 6.07) is 61.5. The van der Waals surface area contributed by atoms with Crippen LogP contribution in [0.15, 0.2) is 174 Å². The Balaban J connectivity index is 1.29. The molecule has 0 fully saturated rings. The highest BCUT2D eigenvalue weighted by Crippen LogP contribution is 2.48. The predicted molar refractivity (Wildman–Crippen MR) is 200 cm³/mol. The molecule has 0 radical (unpaired) electrons. The van der Waals surface area contributed by atoms with Gasteiger partial charge in [-0.3, -0.25) is 0 Å².